The first-order chi connectivity index (χ1) is 8.97. The summed E-state index contributed by atoms with van der Waals surface area (Å²) in [5.74, 6) is 0.118. The molecule has 2 aromatic rings. The zero-order valence-electron chi connectivity index (χ0n) is 10.8. The van der Waals surface area contributed by atoms with Crippen LogP contribution in [0.15, 0.2) is 27.8 Å². The summed E-state index contributed by atoms with van der Waals surface area (Å²) in [7, 11) is 1.89. The number of rotatable bonds is 4. The topological polar surface area (TPSA) is 89.4 Å². The monoisotopic (exact) mass is 281 g/mol. The van der Waals surface area contributed by atoms with Gasteiger partial charge in [0.1, 0.15) is 16.3 Å². The van der Waals surface area contributed by atoms with Crippen molar-refractivity contribution in [2.45, 2.75) is 11.6 Å². The first kappa shape index (κ1) is 13.5. The quantitative estimate of drug-likeness (QED) is 0.844. The highest BCUT2D eigenvalue weighted by molar-refractivity contribution is 7.84. The molecule has 0 radical (unpaired) electrons. The number of anilines is 1. The average Bonchev–Trinajstić information content (AvgIpc) is 2.78. The van der Waals surface area contributed by atoms with Gasteiger partial charge in [-0.3, -0.25) is 4.79 Å². The number of nitrogens with zero attached hydrogens (tertiary/aromatic N) is 2. The largest absolute Gasteiger partial charge is 0.430 e. The molecule has 2 N–H and O–H groups in total. The van der Waals surface area contributed by atoms with Crippen LogP contribution in [0.1, 0.15) is 6.42 Å². The third kappa shape index (κ3) is 3.11. The number of carbonyl (C=O) groups is 1. The second kappa shape index (κ2) is 5.40. The summed E-state index contributed by atoms with van der Waals surface area (Å²) in [6, 6.07) is 5.04. The lowest BCUT2D eigenvalue weighted by atomic mass is 10.3. The Hall–Kier alpha value is -1.89. The van der Waals surface area contributed by atoms with Gasteiger partial charge < -0.3 is 15.1 Å². The zero-order chi connectivity index (χ0) is 14.0. The van der Waals surface area contributed by atoms with E-state index in [1.165, 1.54) is 4.90 Å². The molecule has 0 bridgehead atoms. The molecular weight excluding hydrogens is 266 g/mol. The molecule has 1 heterocycles. The SMILES string of the molecule is CN(C)C(=O)CCS(=O)c1nc2ccc(N)cc2o1. The van der Waals surface area contributed by atoms with E-state index in [4.69, 9.17) is 10.2 Å². The molecule has 19 heavy (non-hydrogen) atoms. The van der Waals surface area contributed by atoms with Crippen LogP contribution < -0.4 is 5.73 Å². The zero-order valence-corrected chi connectivity index (χ0v) is 11.6. The van der Waals surface area contributed by atoms with E-state index >= 15 is 0 Å². The maximum atomic E-state index is 12.0. The van der Waals surface area contributed by atoms with Crippen LogP contribution >= 0.6 is 0 Å². The molecule has 7 heteroatoms. The minimum absolute atomic E-state index is 0.0753. The second-order valence-corrected chi connectivity index (χ2v) is 5.74. The molecule has 0 saturated carbocycles. The van der Waals surface area contributed by atoms with E-state index < -0.39 is 10.8 Å². The van der Waals surface area contributed by atoms with E-state index in [-0.39, 0.29) is 23.3 Å². The summed E-state index contributed by atoms with van der Waals surface area (Å²) in [6.07, 6.45) is 0.195. The Morgan fingerprint density at radius 2 is 2.21 bits per heavy atom. The Morgan fingerprint density at radius 3 is 2.89 bits per heavy atom. The third-order valence-corrected chi connectivity index (χ3v) is 3.73. The smallest absolute Gasteiger partial charge is 0.287 e. The molecule has 0 spiro atoms. The van der Waals surface area contributed by atoms with Crippen LogP contribution in [-0.2, 0) is 15.6 Å². The molecule has 2 rings (SSSR count). The summed E-state index contributed by atoms with van der Waals surface area (Å²) in [5, 5.41) is 0.132. The number of carbonyl (C=O) groups excluding carboxylic acids is 1. The van der Waals surface area contributed by atoms with Crippen molar-refractivity contribution in [3.05, 3.63) is 18.2 Å². The summed E-state index contributed by atoms with van der Waals surface area (Å²) in [4.78, 5) is 17.0. The normalized spacial score (nSPS) is 12.5. The van der Waals surface area contributed by atoms with E-state index in [0.29, 0.717) is 16.8 Å². The van der Waals surface area contributed by atoms with E-state index in [9.17, 15) is 9.00 Å². The first-order valence-electron chi connectivity index (χ1n) is 5.72. The minimum atomic E-state index is -1.43. The van der Waals surface area contributed by atoms with Gasteiger partial charge in [-0.05, 0) is 12.1 Å². The highest BCUT2D eigenvalue weighted by Crippen LogP contribution is 2.20. The number of oxazole rings is 1. The van der Waals surface area contributed by atoms with Crippen LogP contribution in [0.4, 0.5) is 5.69 Å². The van der Waals surface area contributed by atoms with Crippen molar-refractivity contribution in [2.75, 3.05) is 25.6 Å². The molecule has 1 aromatic heterocycles. The summed E-state index contributed by atoms with van der Waals surface area (Å²) in [6.45, 7) is 0. The summed E-state index contributed by atoms with van der Waals surface area (Å²) < 4.78 is 17.4. The second-order valence-electron chi connectivity index (χ2n) is 4.29. The Kier molecular flexibility index (Phi) is 3.84. The predicted octanol–water partition coefficient (Wildman–Crippen LogP) is 0.996. The van der Waals surface area contributed by atoms with Gasteiger partial charge >= 0.3 is 0 Å². The molecule has 0 aliphatic carbocycles. The molecule has 0 saturated heterocycles. The van der Waals surface area contributed by atoms with Gasteiger partial charge in [0.25, 0.3) is 5.22 Å². The predicted molar refractivity (Wildman–Crippen MR) is 73.0 cm³/mol. The lowest BCUT2D eigenvalue weighted by molar-refractivity contribution is -0.128. The number of aromatic nitrogens is 1. The number of nitrogen functional groups attached to an aromatic ring is 1. The fraction of sp³-hybridized carbons (Fsp3) is 0.333. The van der Waals surface area contributed by atoms with Gasteiger partial charge in [0.05, 0.1) is 0 Å². The van der Waals surface area contributed by atoms with Crippen LogP contribution in [0.25, 0.3) is 11.1 Å². The number of fused-ring (bicyclic) bond motifs is 1. The van der Waals surface area contributed by atoms with E-state index in [2.05, 4.69) is 4.98 Å². The first-order valence-corrected chi connectivity index (χ1v) is 7.04. The Bertz CT molecular complexity index is 636. The highest BCUT2D eigenvalue weighted by atomic mass is 32.2. The van der Waals surface area contributed by atoms with Gasteiger partial charge in [0, 0.05) is 38.0 Å². The van der Waals surface area contributed by atoms with Gasteiger partial charge in [-0.2, -0.15) is 0 Å². The maximum Gasteiger partial charge on any atom is 0.287 e. The lowest BCUT2D eigenvalue weighted by Crippen LogP contribution is -2.23. The Labute approximate surface area is 113 Å². The number of amides is 1. The molecule has 0 fully saturated rings. The molecule has 102 valence electrons. The van der Waals surface area contributed by atoms with Gasteiger partial charge in [0.2, 0.25) is 5.91 Å². The number of hydrogen-bond acceptors (Lipinski definition) is 5. The van der Waals surface area contributed by atoms with Crippen LogP contribution in [0.5, 0.6) is 0 Å². The van der Waals surface area contributed by atoms with E-state index in [0.717, 1.165) is 0 Å². The van der Waals surface area contributed by atoms with Crippen molar-refractivity contribution >= 4 is 33.5 Å². The van der Waals surface area contributed by atoms with Gasteiger partial charge in [0.15, 0.2) is 5.58 Å². The average molecular weight is 281 g/mol. The molecule has 1 atom stereocenters. The van der Waals surface area contributed by atoms with Crippen LogP contribution in [0.3, 0.4) is 0 Å². The lowest BCUT2D eigenvalue weighted by Gasteiger charge is -2.08. The molecule has 6 nitrogen and oxygen atoms in total. The van der Waals surface area contributed by atoms with Crippen molar-refractivity contribution < 1.29 is 13.4 Å². The van der Waals surface area contributed by atoms with Crippen LogP contribution in [-0.4, -0.2) is 39.8 Å². The third-order valence-electron chi connectivity index (χ3n) is 2.59. The highest BCUT2D eigenvalue weighted by Gasteiger charge is 2.15. The number of hydrogen-bond donors (Lipinski definition) is 1. The standard InChI is InChI=1S/C12H15N3O3S/c1-15(2)11(16)5-6-19(17)12-14-9-4-3-8(13)7-10(9)18-12/h3-4,7H,5-6,13H2,1-2H3. The van der Waals surface area contributed by atoms with Gasteiger partial charge in [-0.15, -0.1) is 0 Å². The maximum absolute atomic E-state index is 12.0. The van der Waals surface area contributed by atoms with E-state index in [1.54, 1.807) is 32.3 Å². The van der Waals surface area contributed by atoms with Crippen molar-refractivity contribution in [1.82, 2.24) is 9.88 Å². The Morgan fingerprint density at radius 1 is 1.47 bits per heavy atom. The summed E-state index contributed by atoms with van der Waals surface area (Å²) in [5.41, 5.74) is 7.30. The number of benzene rings is 1. The fourth-order valence-electron chi connectivity index (χ4n) is 1.51. The molecule has 0 aliphatic heterocycles. The number of nitrogens with two attached hydrogens (primary N) is 1. The van der Waals surface area contributed by atoms with Crippen molar-refractivity contribution in [3.63, 3.8) is 0 Å². The molecule has 0 aliphatic rings. The molecular formula is C12H15N3O3S. The molecule has 1 amide bonds. The van der Waals surface area contributed by atoms with Crippen LogP contribution in [0.2, 0.25) is 0 Å². The fourth-order valence-corrected chi connectivity index (χ4v) is 2.43. The molecule has 1 aromatic carbocycles. The van der Waals surface area contributed by atoms with Crippen molar-refractivity contribution in [3.8, 4) is 0 Å². The van der Waals surface area contributed by atoms with Crippen molar-refractivity contribution in [2.24, 2.45) is 0 Å². The minimum Gasteiger partial charge on any atom is -0.430 e. The Balaban J connectivity index is 2.11. The van der Waals surface area contributed by atoms with Crippen molar-refractivity contribution in [1.29, 1.82) is 0 Å². The van der Waals surface area contributed by atoms with E-state index in [1.807, 2.05) is 0 Å². The van der Waals surface area contributed by atoms with Gasteiger partial charge in [-0.1, -0.05) is 0 Å². The van der Waals surface area contributed by atoms with Gasteiger partial charge in [-0.25, -0.2) is 9.19 Å². The summed E-state index contributed by atoms with van der Waals surface area (Å²) >= 11 is 0. The molecule has 1 unspecified atom stereocenters. The van der Waals surface area contributed by atoms with Crippen LogP contribution in [0, 0.1) is 0 Å².